The zero-order chi connectivity index (χ0) is 9.97. The van der Waals surface area contributed by atoms with E-state index in [-0.39, 0.29) is 0 Å². The molecule has 1 heterocycles. The SMILES string of the molecule is O=C1CC(COc2ncccc2Cl)C1. The lowest BCUT2D eigenvalue weighted by molar-refractivity contribution is -0.127. The summed E-state index contributed by atoms with van der Waals surface area (Å²) >= 11 is 5.84. The summed E-state index contributed by atoms with van der Waals surface area (Å²) in [6.07, 6.45) is 2.89. The van der Waals surface area contributed by atoms with E-state index in [0.29, 0.717) is 42.1 Å². The zero-order valence-corrected chi connectivity index (χ0v) is 8.33. The molecule has 0 saturated heterocycles. The number of carbonyl (C=O) groups is 1. The summed E-state index contributed by atoms with van der Waals surface area (Å²) in [5, 5.41) is 0.512. The first-order chi connectivity index (χ1) is 6.75. The predicted molar refractivity (Wildman–Crippen MR) is 52.5 cm³/mol. The van der Waals surface area contributed by atoms with Gasteiger partial charge in [0.2, 0.25) is 5.88 Å². The summed E-state index contributed by atoms with van der Waals surface area (Å²) in [6.45, 7) is 0.530. The maximum Gasteiger partial charge on any atom is 0.232 e. The van der Waals surface area contributed by atoms with Gasteiger partial charge in [0, 0.05) is 25.0 Å². The molecule has 1 aliphatic carbocycles. The molecule has 0 N–H and O–H groups in total. The van der Waals surface area contributed by atoms with Crippen LogP contribution in [0.4, 0.5) is 0 Å². The molecule has 1 fully saturated rings. The molecule has 0 bridgehead atoms. The minimum Gasteiger partial charge on any atom is -0.476 e. The second-order valence-corrected chi connectivity index (χ2v) is 3.82. The Morgan fingerprint density at radius 3 is 3.00 bits per heavy atom. The van der Waals surface area contributed by atoms with Gasteiger partial charge in [-0.3, -0.25) is 4.79 Å². The number of pyridine rings is 1. The molecule has 2 rings (SSSR count). The van der Waals surface area contributed by atoms with Gasteiger partial charge < -0.3 is 4.74 Å². The summed E-state index contributed by atoms with van der Waals surface area (Å²) in [7, 11) is 0. The number of carbonyl (C=O) groups excluding carboxylic acids is 1. The van der Waals surface area contributed by atoms with Crippen molar-refractivity contribution in [2.45, 2.75) is 12.8 Å². The van der Waals surface area contributed by atoms with Crippen molar-refractivity contribution in [2.24, 2.45) is 5.92 Å². The van der Waals surface area contributed by atoms with Crippen LogP contribution >= 0.6 is 11.6 Å². The van der Waals surface area contributed by atoms with Gasteiger partial charge in [0.15, 0.2) is 0 Å². The molecule has 0 unspecified atom stereocenters. The lowest BCUT2D eigenvalue weighted by atomic mass is 9.85. The fourth-order valence-electron chi connectivity index (χ4n) is 1.38. The average Bonchev–Trinajstić information content (AvgIpc) is 2.13. The molecule has 0 radical (unpaired) electrons. The highest BCUT2D eigenvalue weighted by Crippen LogP contribution is 2.25. The third-order valence-electron chi connectivity index (χ3n) is 2.21. The highest BCUT2D eigenvalue weighted by molar-refractivity contribution is 6.31. The van der Waals surface area contributed by atoms with Gasteiger partial charge in [0.1, 0.15) is 10.8 Å². The molecule has 1 saturated carbocycles. The van der Waals surface area contributed by atoms with Gasteiger partial charge in [-0.2, -0.15) is 0 Å². The standard InChI is InChI=1S/C10H10ClNO2/c11-9-2-1-3-12-10(9)14-6-7-4-8(13)5-7/h1-3,7H,4-6H2. The molecule has 1 aliphatic rings. The predicted octanol–water partition coefficient (Wildman–Crippen LogP) is 2.09. The van der Waals surface area contributed by atoms with Crippen LogP contribution in [0.3, 0.4) is 0 Å². The number of ether oxygens (including phenoxy) is 1. The third kappa shape index (κ3) is 2.04. The maximum absolute atomic E-state index is 10.7. The number of aromatic nitrogens is 1. The zero-order valence-electron chi connectivity index (χ0n) is 7.57. The third-order valence-corrected chi connectivity index (χ3v) is 2.50. The number of hydrogen-bond acceptors (Lipinski definition) is 3. The van der Waals surface area contributed by atoms with E-state index in [0.717, 1.165) is 0 Å². The highest BCUT2D eigenvalue weighted by atomic mass is 35.5. The largest absolute Gasteiger partial charge is 0.476 e. The normalized spacial score (nSPS) is 16.5. The van der Waals surface area contributed by atoms with Crippen LogP contribution in [0.25, 0.3) is 0 Å². The number of halogens is 1. The lowest BCUT2D eigenvalue weighted by Gasteiger charge is -2.23. The maximum atomic E-state index is 10.7. The molecule has 3 nitrogen and oxygen atoms in total. The van der Waals surface area contributed by atoms with Crippen LogP contribution in [0.2, 0.25) is 5.02 Å². The molecule has 0 aromatic carbocycles. The van der Waals surface area contributed by atoms with Gasteiger partial charge in [-0.05, 0) is 12.1 Å². The summed E-state index contributed by atoms with van der Waals surface area (Å²) in [5.41, 5.74) is 0. The van der Waals surface area contributed by atoms with Crippen LogP contribution in [0.5, 0.6) is 5.88 Å². The van der Waals surface area contributed by atoms with Crippen molar-refractivity contribution < 1.29 is 9.53 Å². The molecule has 74 valence electrons. The van der Waals surface area contributed by atoms with Gasteiger partial charge in [-0.1, -0.05) is 11.6 Å². The molecule has 14 heavy (non-hydrogen) atoms. The molecular weight excluding hydrogens is 202 g/mol. The molecule has 0 spiro atoms. The van der Waals surface area contributed by atoms with Crippen molar-refractivity contribution in [1.29, 1.82) is 0 Å². The Bertz CT molecular complexity index is 346. The van der Waals surface area contributed by atoms with Gasteiger partial charge in [0.05, 0.1) is 6.61 Å². The van der Waals surface area contributed by atoms with Crippen molar-refractivity contribution in [3.8, 4) is 5.88 Å². The molecule has 0 aliphatic heterocycles. The minimum atomic E-state index is 0.311. The van der Waals surface area contributed by atoms with Crippen molar-refractivity contribution >= 4 is 17.4 Å². The number of ketones is 1. The monoisotopic (exact) mass is 211 g/mol. The molecule has 4 heteroatoms. The first-order valence-corrected chi connectivity index (χ1v) is 4.88. The van der Waals surface area contributed by atoms with E-state index in [1.54, 1.807) is 18.3 Å². The fraction of sp³-hybridized carbons (Fsp3) is 0.400. The molecule has 0 amide bonds. The van der Waals surface area contributed by atoms with E-state index in [2.05, 4.69) is 4.98 Å². The quantitative estimate of drug-likeness (QED) is 0.769. The molecular formula is C10H10ClNO2. The Hall–Kier alpha value is -1.09. The van der Waals surface area contributed by atoms with Gasteiger partial charge in [-0.15, -0.1) is 0 Å². The number of hydrogen-bond donors (Lipinski definition) is 0. The first kappa shape index (κ1) is 9.46. The van der Waals surface area contributed by atoms with Gasteiger partial charge >= 0.3 is 0 Å². The highest BCUT2D eigenvalue weighted by Gasteiger charge is 2.27. The number of rotatable bonds is 3. The molecule has 0 atom stereocenters. The fourth-order valence-corrected chi connectivity index (χ4v) is 1.55. The van der Waals surface area contributed by atoms with Crippen LogP contribution in [0, 0.1) is 5.92 Å². The Morgan fingerprint density at radius 2 is 2.36 bits per heavy atom. The number of Topliss-reactive ketones (excluding diaryl/α,β-unsaturated/α-hetero) is 1. The summed E-state index contributed by atoms with van der Waals surface area (Å²) in [6, 6.07) is 3.48. The molecule has 1 aromatic rings. The Kier molecular flexibility index (Phi) is 2.68. The Labute approximate surface area is 87.0 Å². The van der Waals surface area contributed by atoms with E-state index < -0.39 is 0 Å². The van der Waals surface area contributed by atoms with Crippen LogP contribution < -0.4 is 4.74 Å². The van der Waals surface area contributed by atoms with Crippen molar-refractivity contribution in [3.05, 3.63) is 23.4 Å². The average molecular weight is 212 g/mol. The number of nitrogens with zero attached hydrogens (tertiary/aromatic N) is 1. The second-order valence-electron chi connectivity index (χ2n) is 3.41. The van der Waals surface area contributed by atoms with E-state index in [1.165, 1.54) is 0 Å². The smallest absolute Gasteiger partial charge is 0.232 e. The van der Waals surface area contributed by atoms with Crippen molar-refractivity contribution in [1.82, 2.24) is 4.98 Å². The summed E-state index contributed by atoms with van der Waals surface area (Å²) in [5.74, 6) is 1.11. The van der Waals surface area contributed by atoms with Crippen LogP contribution in [-0.2, 0) is 4.79 Å². The van der Waals surface area contributed by atoms with Crippen LogP contribution in [0.15, 0.2) is 18.3 Å². The van der Waals surface area contributed by atoms with Gasteiger partial charge in [0.25, 0.3) is 0 Å². The van der Waals surface area contributed by atoms with E-state index >= 15 is 0 Å². The van der Waals surface area contributed by atoms with Crippen LogP contribution in [-0.4, -0.2) is 17.4 Å². The van der Waals surface area contributed by atoms with E-state index in [1.807, 2.05) is 0 Å². The van der Waals surface area contributed by atoms with E-state index in [4.69, 9.17) is 16.3 Å². The van der Waals surface area contributed by atoms with Crippen LogP contribution in [0.1, 0.15) is 12.8 Å². The van der Waals surface area contributed by atoms with Crippen molar-refractivity contribution in [3.63, 3.8) is 0 Å². The second kappa shape index (κ2) is 3.96. The van der Waals surface area contributed by atoms with Gasteiger partial charge in [-0.25, -0.2) is 4.98 Å². The molecule has 1 aromatic heterocycles. The minimum absolute atomic E-state index is 0.311. The van der Waals surface area contributed by atoms with Crippen molar-refractivity contribution in [2.75, 3.05) is 6.61 Å². The first-order valence-electron chi connectivity index (χ1n) is 4.50. The van der Waals surface area contributed by atoms with E-state index in [9.17, 15) is 4.79 Å². The lowest BCUT2D eigenvalue weighted by Crippen LogP contribution is -2.28. The summed E-state index contributed by atoms with van der Waals surface area (Å²) in [4.78, 5) is 14.7. The Balaban J connectivity index is 1.86. The topological polar surface area (TPSA) is 39.2 Å². The summed E-state index contributed by atoms with van der Waals surface area (Å²) < 4.78 is 5.39. The Morgan fingerprint density at radius 1 is 1.57 bits per heavy atom.